The first-order valence-corrected chi connectivity index (χ1v) is 5.63. The van der Waals surface area contributed by atoms with Gasteiger partial charge in [0.15, 0.2) is 0 Å². The van der Waals surface area contributed by atoms with Gasteiger partial charge in [0.05, 0.1) is 0 Å². The molecule has 1 aliphatic rings. The van der Waals surface area contributed by atoms with Crippen molar-refractivity contribution in [3.63, 3.8) is 0 Å². The average molecular weight is 228 g/mol. The largest absolute Gasteiger partial charge is 0.372 e. The minimum Gasteiger partial charge on any atom is -0.372 e. The number of benzene rings is 1. The lowest BCUT2D eigenvalue weighted by atomic mass is 10.2. The van der Waals surface area contributed by atoms with E-state index in [0.29, 0.717) is 18.2 Å². The van der Waals surface area contributed by atoms with Gasteiger partial charge in [0, 0.05) is 18.2 Å². The van der Waals surface area contributed by atoms with Crippen LogP contribution in [0.4, 0.5) is 8.78 Å². The summed E-state index contributed by atoms with van der Waals surface area (Å²) in [7, 11) is 0. The van der Waals surface area contributed by atoms with E-state index in [1.54, 1.807) is 0 Å². The summed E-state index contributed by atoms with van der Waals surface area (Å²) in [6, 6.07) is 3.71. The third-order valence-electron chi connectivity index (χ3n) is 2.83. The molecule has 88 valence electrons. The molecule has 1 saturated heterocycles. The van der Waals surface area contributed by atoms with Crippen LogP contribution in [0.1, 0.15) is 18.4 Å². The van der Waals surface area contributed by atoms with E-state index < -0.39 is 11.6 Å². The number of rotatable bonds is 4. The smallest absolute Gasteiger partial charge is 0.134 e. The molecule has 0 radical (unpaired) electrons. The summed E-state index contributed by atoms with van der Waals surface area (Å²) >= 11 is 0. The highest BCUT2D eigenvalue weighted by Crippen LogP contribution is 2.10. The molecular formula is C12H16F2NO+. The summed E-state index contributed by atoms with van der Waals surface area (Å²) in [5, 5.41) is 2.01. The van der Waals surface area contributed by atoms with Crippen LogP contribution in [0.2, 0.25) is 0 Å². The van der Waals surface area contributed by atoms with E-state index in [-0.39, 0.29) is 0 Å². The summed E-state index contributed by atoms with van der Waals surface area (Å²) < 4.78 is 31.4. The van der Waals surface area contributed by atoms with E-state index in [1.165, 1.54) is 12.1 Å². The first-order valence-electron chi connectivity index (χ1n) is 5.63. The van der Waals surface area contributed by atoms with Crippen molar-refractivity contribution >= 4 is 0 Å². The maximum absolute atomic E-state index is 13.3. The van der Waals surface area contributed by atoms with Crippen LogP contribution in [-0.2, 0) is 11.3 Å². The van der Waals surface area contributed by atoms with Gasteiger partial charge >= 0.3 is 0 Å². The fourth-order valence-electron chi connectivity index (χ4n) is 1.94. The molecule has 4 heteroatoms. The van der Waals surface area contributed by atoms with Crippen LogP contribution in [0, 0.1) is 11.6 Å². The Hall–Kier alpha value is -1.00. The second-order valence-corrected chi connectivity index (χ2v) is 4.10. The molecule has 2 rings (SSSR count). The fraction of sp³-hybridized carbons (Fsp3) is 0.500. The molecule has 1 fully saturated rings. The number of hydrogen-bond donors (Lipinski definition) is 1. The third-order valence-corrected chi connectivity index (χ3v) is 2.83. The topological polar surface area (TPSA) is 25.8 Å². The summed E-state index contributed by atoms with van der Waals surface area (Å²) in [6.07, 6.45) is 2.50. The van der Waals surface area contributed by atoms with Crippen molar-refractivity contribution in [2.45, 2.75) is 25.5 Å². The molecule has 2 nitrogen and oxygen atoms in total. The minimum atomic E-state index is -0.527. The van der Waals surface area contributed by atoms with Crippen molar-refractivity contribution in [2.24, 2.45) is 0 Å². The van der Waals surface area contributed by atoms with E-state index in [9.17, 15) is 8.78 Å². The van der Waals surface area contributed by atoms with Crippen LogP contribution in [0.15, 0.2) is 18.2 Å². The van der Waals surface area contributed by atoms with Crippen molar-refractivity contribution in [1.82, 2.24) is 0 Å². The second-order valence-electron chi connectivity index (χ2n) is 4.10. The molecule has 0 unspecified atom stereocenters. The molecule has 1 aliphatic heterocycles. The molecule has 1 aromatic rings. The number of hydrogen-bond acceptors (Lipinski definition) is 1. The zero-order valence-corrected chi connectivity index (χ0v) is 9.09. The first-order chi connectivity index (χ1) is 7.75. The Morgan fingerprint density at radius 1 is 1.38 bits per heavy atom. The highest BCUT2D eigenvalue weighted by atomic mass is 19.1. The Kier molecular flexibility index (Phi) is 3.85. The van der Waals surface area contributed by atoms with Crippen LogP contribution in [0.5, 0.6) is 0 Å². The lowest BCUT2D eigenvalue weighted by molar-refractivity contribution is -0.676. The van der Waals surface area contributed by atoms with Crippen molar-refractivity contribution < 1.29 is 18.8 Å². The molecule has 0 spiro atoms. The summed E-state index contributed by atoms with van der Waals surface area (Å²) in [5.41, 5.74) is 0.541. The summed E-state index contributed by atoms with van der Waals surface area (Å²) in [6.45, 7) is 2.21. The van der Waals surface area contributed by atoms with Gasteiger partial charge in [-0.3, -0.25) is 0 Å². The molecule has 0 aliphatic carbocycles. The van der Waals surface area contributed by atoms with Crippen molar-refractivity contribution in [3.8, 4) is 0 Å². The van der Waals surface area contributed by atoms with Gasteiger partial charge in [0.1, 0.15) is 30.8 Å². The zero-order valence-electron chi connectivity index (χ0n) is 9.09. The van der Waals surface area contributed by atoms with Crippen LogP contribution in [-0.4, -0.2) is 19.3 Å². The van der Waals surface area contributed by atoms with Crippen LogP contribution >= 0.6 is 0 Å². The summed E-state index contributed by atoms with van der Waals surface area (Å²) in [5.74, 6) is -0.996. The van der Waals surface area contributed by atoms with E-state index in [1.807, 2.05) is 5.32 Å². The van der Waals surface area contributed by atoms with Crippen molar-refractivity contribution in [1.29, 1.82) is 0 Å². The summed E-state index contributed by atoms with van der Waals surface area (Å²) in [4.78, 5) is 0. The molecule has 0 amide bonds. The standard InChI is InChI=1S/C12H15F2NO/c13-10-4-3-9(12(14)6-10)7-15-8-11-2-1-5-16-11/h3-4,6,11,15H,1-2,5,7-8H2/p+1/t11-/m1/s1. The van der Waals surface area contributed by atoms with Gasteiger partial charge in [-0.05, 0) is 25.0 Å². The number of nitrogens with two attached hydrogens (primary N) is 1. The van der Waals surface area contributed by atoms with Crippen molar-refractivity contribution in [3.05, 3.63) is 35.4 Å². The van der Waals surface area contributed by atoms with Gasteiger partial charge < -0.3 is 10.1 Å². The molecule has 16 heavy (non-hydrogen) atoms. The Bertz CT molecular complexity index is 351. The van der Waals surface area contributed by atoms with Gasteiger partial charge in [-0.1, -0.05) is 0 Å². The van der Waals surface area contributed by atoms with Crippen LogP contribution in [0.25, 0.3) is 0 Å². The van der Waals surface area contributed by atoms with Gasteiger partial charge in [-0.15, -0.1) is 0 Å². The number of halogens is 2. The van der Waals surface area contributed by atoms with Gasteiger partial charge in [0.2, 0.25) is 0 Å². The first kappa shape index (κ1) is 11.5. The molecule has 0 aromatic heterocycles. The predicted molar refractivity (Wildman–Crippen MR) is 55.8 cm³/mol. The Morgan fingerprint density at radius 2 is 2.25 bits per heavy atom. The molecule has 2 N–H and O–H groups in total. The second kappa shape index (κ2) is 5.37. The lowest BCUT2D eigenvalue weighted by Gasteiger charge is -2.08. The Morgan fingerprint density at radius 3 is 2.94 bits per heavy atom. The van der Waals surface area contributed by atoms with Crippen LogP contribution in [0.3, 0.4) is 0 Å². The lowest BCUT2D eigenvalue weighted by Crippen LogP contribution is -2.84. The normalized spacial score (nSPS) is 20.2. The zero-order chi connectivity index (χ0) is 11.4. The molecule has 1 heterocycles. The monoisotopic (exact) mass is 228 g/mol. The minimum absolute atomic E-state index is 0.295. The Labute approximate surface area is 93.6 Å². The van der Waals surface area contributed by atoms with Crippen LogP contribution < -0.4 is 5.32 Å². The SMILES string of the molecule is Fc1ccc(C[NH2+]C[C@H]2CCCO2)c(F)c1. The van der Waals surface area contributed by atoms with E-state index in [2.05, 4.69) is 0 Å². The highest BCUT2D eigenvalue weighted by molar-refractivity contribution is 5.17. The van der Waals surface area contributed by atoms with E-state index in [0.717, 1.165) is 32.1 Å². The number of quaternary nitrogens is 1. The van der Waals surface area contributed by atoms with Gasteiger partial charge in [0.25, 0.3) is 0 Å². The number of ether oxygens (including phenoxy) is 1. The third kappa shape index (κ3) is 3.00. The fourth-order valence-corrected chi connectivity index (χ4v) is 1.94. The van der Waals surface area contributed by atoms with Crippen molar-refractivity contribution in [2.75, 3.05) is 13.2 Å². The van der Waals surface area contributed by atoms with Gasteiger partial charge in [-0.2, -0.15) is 0 Å². The highest BCUT2D eigenvalue weighted by Gasteiger charge is 2.17. The molecule has 0 bridgehead atoms. The Balaban J connectivity index is 1.80. The average Bonchev–Trinajstić information content (AvgIpc) is 2.74. The molecule has 0 saturated carbocycles. The van der Waals surface area contributed by atoms with E-state index in [4.69, 9.17) is 4.74 Å². The molecular weight excluding hydrogens is 212 g/mol. The molecule has 1 aromatic carbocycles. The van der Waals surface area contributed by atoms with E-state index >= 15 is 0 Å². The predicted octanol–water partition coefficient (Wildman–Crippen LogP) is 1.21. The van der Waals surface area contributed by atoms with Gasteiger partial charge in [-0.25, -0.2) is 8.78 Å². The molecule has 1 atom stereocenters. The maximum atomic E-state index is 13.3. The quantitative estimate of drug-likeness (QED) is 0.823. The maximum Gasteiger partial charge on any atom is 0.134 e.